The molecule has 0 aromatic rings. The van der Waals surface area contributed by atoms with E-state index in [0.717, 1.165) is 37.1 Å². The van der Waals surface area contributed by atoms with Gasteiger partial charge in [0.1, 0.15) is 6.10 Å². The SMILES string of the molecule is Cl.O=C(OC1CCCCC1)C1CSC23CC=CC=C2N=CCC13. The topological polar surface area (TPSA) is 38.7 Å². The summed E-state index contributed by atoms with van der Waals surface area (Å²) >= 11 is 1.92. The molecule has 3 nitrogen and oxygen atoms in total. The summed E-state index contributed by atoms with van der Waals surface area (Å²) in [6, 6.07) is 0. The highest BCUT2D eigenvalue weighted by atomic mass is 35.5. The number of carbonyl (C=O) groups excluding carboxylic acids is 1. The molecule has 2 aliphatic heterocycles. The van der Waals surface area contributed by atoms with Crippen molar-refractivity contribution in [3.8, 4) is 0 Å². The number of rotatable bonds is 2. The summed E-state index contributed by atoms with van der Waals surface area (Å²) < 4.78 is 5.89. The van der Waals surface area contributed by atoms with Crippen molar-refractivity contribution in [1.82, 2.24) is 0 Å². The Morgan fingerprint density at radius 3 is 2.96 bits per heavy atom. The number of ether oxygens (including phenoxy) is 1. The lowest BCUT2D eigenvalue weighted by Crippen LogP contribution is -2.41. The van der Waals surface area contributed by atoms with Crippen LogP contribution in [0.2, 0.25) is 0 Å². The lowest BCUT2D eigenvalue weighted by atomic mass is 9.74. The van der Waals surface area contributed by atoms with Crippen LogP contribution in [0, 0.1) is 11.8 Å². The maximum absolute atomic E-state index is 12.7. The fourth-order valence-electron chi connectivity index (χ4n) is 4.35. The molecule has 23 heavy (non-hydrogen) atoms. The lowest BCUT2D eigenvalue weighted by Gasteiger charge is -2.39. The zero-order chi connectivity index (χ0) is 15.0. The van der Waals surface area contributed by atoms with Crippen molar-refractivity contribution in [2.45, 2.75) is 55.8 Å². The van der Waals surface area contributed by atoms with Crippen LogP contribution in [-0.4, -0.2) is 28.8 Å². The lowest BCUT2D eigenvalue weighted by molar-refractivity contribution is -0.156. The minimum absolute atomic E-state index is 0. The first-order chi connectivity index (χ1) is 10.8. The molecule has 1 saturated carbocycles. The summed E-state index contributed by atoms with van der Waals surface area (Å²) in [6.07, 6.45) is 16.3. The third-order valence-electron chi connectivity index (χ3n) is 5.58. The molecule has 1 saturated heterocycles. The Balaban J connectivity index is 0.00000156. The van der Waals surface area contributed by atoms with Crippen LogP contribution in [0.3, 0.4) is 0 Å². The van der Waals surface area contributed by atoms with Gasteiger partial charge in [-0.2, -0.15) is 0 Å². The van der Waals surface area contributed by atoms with E-state index in [1.54, 1.807) is 0 Å². The van der Waals surface area contributed by atoms with Gasteiger partial charge in [0.2, 0.25) is 0 Å². The molecule has 3 atom stereocenters. The number of aliphatic imine (C=N–C) groups is 1. The Morgan fingerprint density at radius 2 is 2.13 bits per heavy atom. The molecule has 0 bridgehead atoms. The fraction of sp³-hybridized carbons (Fsp3) is 0.667. The molecule has 2 fully saturated rings. The smallest absolute Gasteiger partial charge is 0.310 e. The van der Waals surface area contributed by atoms with E-state index in [1.165, 1.54) is 19.3 Å². The predicted molar refractivity (Wildman–Crippen MR) is 97.3 cm³/mol. The largest absolute Gasteiger partial charge is 0.462 e. The van der Waals surface area contributed by atoms with Gasteiger partial charge in [-0.05, 0) is 50.5 Å². The average molecular weight is 354 g/mol. The van der Waals surface area contributed by atoms with Gasteiger partial charge in [0.15, 0.2) is 0 Å². The molecule has 0 radical (unpaired) electrons. The number of thioether (sulfide) groups is 1. The van der Waals surface area contributed by atoms with Gasteiger partial charge in [-0.25, -0.2) is 0 Å². The molecule has 0 N–H and O–H groups in total. The number of esters is 1. The third kappa shape index (κ3) is 3.00. The van der Waals surface area contributed by atoms with Gasteiger partial charge < -0.3 is 4.74 Å². The molecule has 4 aliphatic rings. The summed E-state index contributed by atoms with van der Waals surface area (Å²) in [7, 11) is 0. The van der Waals surface area contributed by atoms with Crippen molar-refractivity contribution in [2.24, 2.45) is 16.8 Å². The van der Waals surface area contributed by atoms with Gasteiger partial charge in [-0.3, -0.25) is 9.79 Å². The third-order valence-corrected chi connectivity index (χ3v) is 7.30. The van der Waals surface area contributed by atoms with Crippen molar-refractivity contribution >= 4 is 36.4 Å². The maximum Gasteiger partial charge on any atom is 0.310 e. The van der Waals surface area contributed by atoms with Gasteiger partial charge in [0, 0.05) is 12.0 Å². The quantitative estimate of drug-likeness (QED) is 0.694. The summed E-state index contributed by atoms with van der Waals surface area (Å²) in [4.78, 5) is 17.3. The van der Waals surface area contributed by atoms with Crippen LogP contribution in [0.5, 0.6) is 0 Å². The molecular weight excluding hydrogens is 330 g/mol. The van der Waals surface area contributed by atoms with Crippen molar-refractivity contribution in [3.05, 3.63) is 23.9 Å². The molecule has 2 aliphatic carbocycles. The Kier molecular flexibility index (Phi) is 5.22. The van der Waals surface area contributed by atoms with E-state index in [0.29, 0.717) is 5.92 Å². The zero-order valence-corrected chi connectivity index (χ0v) is 14.9. The molecule has 2 heterocycles. The minimum atomic E-state index is 0. The predicted octanol–water partition coefficient (Wildman–Crippen LogP) is 4.32. The van der Waals surface area contributed by atoms with Crippen molar-refractivity contribution in [1.29, 1.82) is 0 Å². The molecule has 0 aromatic carbocycles. The monoisotopic (exact) mass is 353 g/mol. The normalized spacial score (nSPS) is 35.7. The first-order valence-corrected chi connectivity index (χ1v) is 9.52. The second kappa shape index (κ2) is 7.02. The molecule has 4 rings (SSSR count). The number of halogens is 1. The number of hydrogen-bond acceptors (Lipinski definition) is 4. The molecular formula is C18H24ClNO2S. The van der Waals surface area contributed by atoms with Gasteiger partial charge in [0.25, 0.3) is 0 Å². The average Bonchev–Trinajstić information content (AvgIpc) is 2.93. The van der Waals surface area contributed by atoms with E-state index in [2.05, 4.69) is 23.2 Å². The van der Waals surface area contributed by atoms with E-state index in [4.69, 9.17) is 4.74 Å². The molecule has 5 heteroatoms. The van der Waals surface area contributed by atoms with Crippen LogP contribution in [0.1, 0.15) is 44.9 Å². The number of carbonyl (C=O) groups is 1. The van der Waals surface area contributed by atoms with Gasteiger partial charge in [-0.15, -0.1) is 24.2 Å². The van der Waals surface area contributed by atoms with E-state index >= 15 is 0 Å². The summed E-state index contributed by atoms with van der Waals surface area (Å²) in [5.41, 5.74) is 1.16. The first kappa shape index (κ1) is 17.1. The summed E-state index contributed by atoms with van der Waals surface area (Å²) in [5, 5.41) is 0. The van der Waals surface area contributed by atoms with Crippen LogP contribution < -0.4 is 0 Å². The van der Waals surface area contributed by atoms with E-state index < -0.39 is 0 Å². The van der Waals surface area contributed by atoms with Crippen LogP contribution in [0.15, 0.2) is 28.9 Å². The Labute approximate surface area is 148 Å². The van der Waals surface area contributed by atoms with Crippen molar-refractivity contribution < 1.29 is 9.53 Å². The first-order valence-electron chi connectivity index (χ1n) is 8.54. The zero-order valence-electron chi connectivity index (χ0n) is 13.3. The van der Waals surface area contributed by atoms with Crippen LogP contribution >= 0.6 is 24.2 Å². The molecule has 3 unspecified atom stereocenters. The highest BCUT2D eigenvalue weighted by molar-refractivity contribution is 8.01. The Hall–Kier alpha value is -0.740. The molecule has 126 valence electrons. The van der Waals surface area contributed by atoms with Gasteiger partial charge in [-0.1, -0.05) is 18.6 Å². The van der Waals surface area contributed by atoms with Crippen LogP contribution in [0.25, 0.3) is 0 Å². The highest BCUT2D eigenvalue weighted by Gasteiger charge is 2.55. The Morgan fingerprint density at radius 1 is 1.30 bits per heavy atom. The highest BCUT2D eigenvalue weighted by Crippen LogP contribution is 2.57. The van der Waals surface area contributed by atoms with Crippen molar-refractivity contribution in [3.63, 3.8) is 0 Å². The van der Waals surface area contributed by atoms with Gasteiger partial charge >= 0.3 is 5.97 Å². The summed E-state index contributed by atoms with van der Waals surface area (Å²) in [6.45, 7) is 0. The number of hydrogen-bond donors (Lipinski definition) is 0. The second-order valence-corrected chi connectivity index (χ2v) is 8.19. The standard InChI is InChI=1S/C18H23NO2S.ClH/c20-17(21-13-6-2-1-3-7-13)14-12-22-18-10-5-4-8-16(18)19-11-9-15(14)18;/h4-5,8,11,13-15H,1-3,6-7,9-10,12H2;1H. The van der Waals surface area contributed by atoms with Gasteiger partial charge in [0.05, 0.1) is 16.4 Å². The fourth-order valence-corrected chi connectivity index (χ4v) is 6.15. The molecule has 0 amide bonds. The molecule has 1 spiro atoms. The van der Waals surface area contributed by atoms with Crippen molar-refractivity contribution in [2.75, 3.05) is 5.75 Å². The van der Waals surface area contributed by atoms with Crippen LogP contribution in [-0.2, 0) is 9.53 Å². The van der Waals surface area contributed by atoms with E-state index in [-0.39, 0.29) is 35.1 Å². The van der Waals surface area contributed by atoms with E-state index in [9.17, 15) is 4.79 Å². The maximum atomic E-state index is 12.7. The second-order valence-electron chi connectivity index (χ2n) is 6.84. The Bertz CT molecular complexity index is 553. The number of nitrogens with zero attached hydrogens (tertiary/aromatic N) is 1. The van der Waals surface area contributed by atoms with Crippen LogP contribution in [0.4, 0.5) is 0 Å². The summed E-state index contributed by atoms with van der Waals surface area (Å²) in [5.74, 6) is 1.31. The number of allylic oxidation sites excluding steroid dienone is 3. The molecule has 0 aromatic heterocycles. The van der Waals surface area contributed by atoms with E-state index in [1.807, 2.05) is 18.0 Å². The minimum Gasteiger partial charge on any atom is -0.462 e.